The maximum absolute atomic E-state index is 13.4. The molecule has 0 atom stereocenters. The normalized spacial score (nSPS) is 10.7. The van der Waals surface area contributed by atoms with Gasteiger partial charge in [0, 0.05) is 11.8 Å². The van der Waals surface area contributed by atoms with Crippen molar-refractivity contribution in [2.75, 3.05) is 5.32 Å². The molecule has 0 bridgehead atoms. The number of nitro benzene ring substituents is 1. The topological polar surface area (TPSA) is 107 Å². The van der Waals surface area contributed by atoms with Crippen LogP contribution in [-0.4, -0.2) is 20.4 Å². The smallest absolute Gasteiger partial charge is 0.306 e. The maximum atomic E-state index is 13.4. The molecule has 2 aromatic carbocycles. The number of carbonyl (C=O) groups is 1. The number of amides is 1. The lowest BCUT2D eigenvalue weighted by Crippen LogP contribution is -2.30. The van der Waals surface area contributed by atoms with Gasteiger partial charge in [-0.2, -0.15) is 4.39 Å². The number of hydrogen-bond acceptors (Lipinski definition) is 5. The van der Waals surface area contributed by atoms with Gasteiger partial charge in [-0.3, -0.25) is 24.3 Å². The Kier molecular flexibility index (Phi) is 4.44. The van der Waals surface area contributed by atoms with Crippen LogP contribution in [0.4, 0.5) is 15.8 Å². The van der Waals surface area contributed by atoms with Crippen LogP contribution in [0.5, 0.6) is 0 Å². The minimum Gasteiger partial charge on any atom is -0.324 e. The first kappa shape index (κ1) is 17.2. The summed E-state index contributed by atoms with van der Waals surface area (Å²) in [5, 5.41) is 13.6. The fraction of sp³-hybridized carbons (Fsp3) is 0.118. The SMILES string of the molecule is Cc1nc2ccccc2c(=O)n1CC(=O)Nc1ccc(F)c([N+](=O)[O-])c1. The van der Waals surface area contributed by atoms with Gasteiger partial charge in [-0.05, 0) is 31.2 Å². The lowest BCUT2D eigenvalue weighted by Gasteiger charge is -2.11. The van der Waals surface area contributed by atoms with Crippen molar-refractivity contribution in [3.8, 4) is 0 Å². The van der Waals surface area contributed by atoms with E-state index < -0.39 is 22.3 Å². The lowest BCUT2D eigenvalue weighted by molar-refractivity contribution is -0.387. The summed E-state index contributed by atoms with van der Waals surface area (Å²) in [7, 11) is 0. The summed E-state index contributed by atoms with van der Waals surface area (Å²) < 4.78 is 14.6. The number of benzene rings is 2. The summed E-state index contributed by atoms with van der Waals surface area (Å²) in [5.74, 6) is -1.24. The van der Waals surface area contributed by atoms with Gasteiger partial charge in [0.2, 0.25) is 11.7 Å². The molecule has 0 fully saturated rings. The summed E-state index contributed by atoms with van der Waals surface area (Å²) in [4.78, 5) is 38.9. The van der Waals surface area contributed by atoms with Gasteiger partial charge < -0.3 is 5.32 Å². The van der Waals surface area contributed by atoms with Crippen LogP contribution in [0.15, 0.2) is 47.3 Å². The molecule has 0 unspecified atom stereocenters. The Labute approximate surface area is 146 Å². The fourth-order valence-corrected chi connectivity index (χ4v) is 2.54. The Bertz CT molecular complexity index is 1090. The van der Waals surface area contributed by atoms with Gasteiger partial charge >= 0.3 is 5.69 Å². The van der Waals surface area contributed by atoms with Crippen molar-refractivity contribution in [1.82, 2.24) is 9.55 Å². The zero-order valence-electron chi connectivity index (χ0n) is 13.6. The molecule has 0 aliphatic heterocycles. The number of aromatic nitrogens is 2. The first-order valence-corrected chi connectivity index (χ1v) is 7.57. The summed E-state index contributed by atoms with van der Waals surface area (Å²) in [6, 6.07) is 9.78. The predicted octanol–water partition coefficient (Wildman–Crippen LogP) is 2.39. The van der Waals surface area contributed by atoms with Gasteiger partial charge in [-0.1, -0.05) is 12.1 Å². The molecule has 3 aromatic rings. The van der Waals surface area contributed by atoms with Crippen molar-refractivity contribution in [3.05, 3.63) is 74.6 Å². The monoisotopic (exact) mass is 356 g/mol. The molecule has 1 N–H and O–H groups in total. The largest absolute Gasteiger partial charge is 0.324 e. The van der Waals surface area contributed by atoms with Crippen molar-refractivity contribution in [3.63, 3.8) is 0 Å². The number of carbonyl (C=O) groups excluding carboxylic acids is 1. The van der Waals surface area contributed by atoms with E-state index in [1.807, 2.05) is 0 Å². The van der Waals surface area contributed by atoms with Crippen LogP contribution in [-0.2, 0) is 11.3 Å². The summed E-state index contributed by atoms with van der Waals surface area (Å²) in [5.41, 5.74) is -0.528. The molecular formula is C17H13FN4O4. The molecule has 0 saturated heterocycles. The number of nitro groups is 1. The second kappa shape index (κ2) is 6.71. The summed E-state index contributed by atoms with van der Waals surface area (Å²) in [6.45, 7) is 1.28. The van der Waals surface area contributed by atoms with Crippen molar-refractivity contribution >= 4 is 28.2 Å². The zero-order chi connectivity index (χ0) is 18.8. The number of aryl methyl sites for hydroxylation is 1. The molecule has 26 heavy (non-hydrogen) atoms. The molecule has 0 spiro atoms. The molecular weight excluding hydrogens is 343 g/mol. The highest BCUT2D eigenvalue weighted by molar-refractivity contribution is 5.91. The molecule has 9 heteroatoms. The third-order valence-corrected chi connectivity index (χ3v) is 3.78. The molecule has 8 nitrogen and oxygen atoms in total. The van der Waals surface area contributed by atoms with E-state index in [4.69, 9.17) is 0 Å². The van der Waals surface area contributed by atoms with Crippen LogP contribution in [0.25, 0.3) is 10.9 Å². The van der Waals surface area contributed by atoms with Crippen molar-refractivity contribution < 1.29 is 14.1 Å². The number of halogens is 1. The minimum absolute atomic E-state index is 0.0579. The average molecular weight is 356 g/mol. The molecule has 1 heterocycles. The van der Waals surface area contributed by atoms with E-state index in [0.717, 1.165) is 12.1 Å². The van der Waals surface area contributed by atoms with Gasteiger partial charge in [0.15, 0.2) is 0 Å². The number of para-hydroxylation sites is 1. The number of hydrogen-bond donors (Lipinski definition) is 1. The lowest BCUT2D eigenvalue weighted by atomic mass is 10.2. The van der Waals surface area contributed by atoms with Crippen LogP contribution in [0.2, 0.25) is 0 Å². The molecule has 0 aliphatic carbocycles. The molecule has 0 radical (unpaired) electrons. The molecule has 1 aromatic heterocycles. The highest BCUT2D eigenvalue weighted by Gasteiger charge is 2.16. The van der Waals surface area contributed by atoms with Crippen LogP contribution in [0, 0.1) is 22.9 Å². The van der Waals surface area contributed by atoms with Crippen LogP contribution < -0.4 is 10.9 Å². The van der Waals surface area contributed by atoms with E-state index in [9.17, 15) is 24.1 Å². The van der Waals surface area contributed by atoms with Crippen LogP contribution >= 0.6 is 0 Å². The van der Waals surface area contributed by atoms with Crippen LogP contribution in [0.3, 0.4) is 0 Å². The van der Waals surface area contributed by atoms with Gasteiger partial charge in [0.1, 0.15) is 12.4 Å². The standard InChI is InChI=1S/C17H13FN4O4/c1-10-19-14-5-3-2-4-12(14)17(24)21(10)9-16(23)20-11-6-7-13(18)15(8-11)22(25)26/h2-8H,9H2,1H3,(H,20,23). The zero-order valence-corrected chi connectivity index (χ0v) is 13.6. The first-order valence-electron chi connectivity index (χ1n) is 7.57. The molecule has 1 amide bonds. The van der Waals surface area contributed by atoms with Gasteiger partial charge in [-0.25, -0.2) is 4.98 Å². The number of nitrogens with one attached hydrogen (secondary N) is 1. The Morgan fingerprint density at radius 2 is 2.04 bits per heavy atom. The third kappa shape index (κ3) is 3.27. The molecule has 132 valence electrons. The van der Waals surface area contributed by atoms with Crippen molar-refractivity contribution in [2.45, 2.75) is 13.5 Å². The van der Waals surface area contributed by atoms with E-state index in [1.54, 1.807) is 31.2 Å². The summed E-state index contributed by atoms with van der Waals surface area (Å²) in [6.07, 6.45) is 0. The fourth-order valence-electron chi connectivity index (χ4n) is 2.54. The highest BCUT2D eigenvalue weighted by Crippen LogP contribution is 2.21. The first-order chi connectivity index (χ1) is 12.4. The minimum atomic E-state index is -1.00. The van der Waals surface area contributed by atoms with E-state index in [1.165, 1.54) is 10.6 Å². The predicted molar refractivity (Wildman–Crippen MR) is 92.4 cm³/mol. The Morgan fingerprint density at radius 1 is 1.31 bits per heavy atom. The van der Waals surface area contributed by atoms with Crippen molar-refractivity contribution in [1.29, 1.82) is 0 Å². The Hall–Kier alpha value is -3.62. The number of rotatable bonds is 4. The summed E-state index contributed by atoms with van der Waals surface area (Å²) >= 11 is 0. The van der Waals surface area contributed by atoms with E-state index >= 15 is 0 Å². The highest BCUT2D eigenvalue weighted by atomic mass is 19.1. The second-order valence-electron chi connectivity index (χ2n) is 5.54. The number of anilines is 1. The quantitative estimate of drug-likeness (QED) is 0.570. The van der Waals surface area contributed by atoms with Crippen LogP contribution in [0.1, 0.15) is 5.82 Å². The number of nitrogens with zero attached hydrogens (tertiary/aromatic N) is 3. The van der Waals surface area contributed by atoms with Gasteiger partial charge in [-0.15, -0.1) is 0 Å². The maximum Gasteiger partial charge on any atom is 0.306 e. The Morgan fingerprint density at radius 3 is 2.77 bits per heavy atom. The third-order valence-electron chi connectivity index (χ3n) is 3.78. The second-order valence-corrected chi connectivity index (χ2v) is 5.54. The van der Waals surface area contributed by atoms with Gasteiger partial charge in [0.05, 0.1) is 15.8 Å². The van der Waals surface area contributed by atoms with Gasteiger partial charge in [0.25, 0.3) is 5.56 Å². The average Bonchev–Trinajstić information content (AvgIpc) is 2.60. The Balaban J connectivity index is 1.87. The molecule has 0 saturated carbocycles. The van der Waals surface area contributed by atoms with E-state index in [0.29, 0.717) is 16.7 Å². The van der Waals surface area contributed by atoms with E-state index in [2.05, 4.69) is 10.3 Å². The van der Waals surface area contributed by atoms with Crippen molar-refractivity contribution in [2.24, 2.45) is 0 Å². The molecule has 3 rings (SSSR count). The molecule has 0 aliphatic rings. The number of fused-ring (bicyclic) bond motifs is 1. The van der Waals surface area contributed by atoms with E-state index in [-0.39, 0.29) is 17.8 Å².